The number of aromatic amines is 1. The molecule has 1 saturated heterocycles. The van der Waals surface area contributed by atoms with E-state index in [1.165, 1.54) is 16.9 Å². The van der Waals surface area contributed by atoms with Crippen LogP contribution in [0.15, 0.2) is 60.1 Å². The first kappa shape index (κ1) is 17.9. The number of benzene rings is 1. The van der Waals surface area contributed by atoms with E-state index in [0.29, 0.717) is 0 Å². The average molecular weight is 381 g/mol. The number of carbonyl (C=O) groups is 1. The molecule has 27 heavy (non-hydrogen) atoms. The molecule has 1 amide bonds. The number of amides is 1. The number of H-pyrrole nitrogens is 1. The largest absolute Gasteiger partial charge is 0.303 e. The zero-order chi connectivity index (χ0) is 18.5. The van der Waals surface area contributed by atoms with Crippen LogP contribution in [0.3, 0.4) is 0 Å². The highest BCUT2D eigenvalue weighted by molar-refractivity contribution is 7.12. The summed E-state index contributed by atoms with van der Waals surface area (Å²) in [5.74, 6) is 0.774. The van der Waals surface area contributed by atoms with Crippen molar-refractivity contribution in [3.63, 3.8) is 0 Å². The van der Waals surface area contributed by atoms with Gasteiger partial charge in [0.1, 0.15) is 0 Å². The Labute approximate surface area is 163 Å². The fourth-order valence-corrected chi connectivity index (χ4v) is 4.36. The predicted octanol–water partition coefficient (Wildman–Crippen LogP) is 3.83. The number of thiophene rings is 1. The summed E-state index contributed by atoms with van der Waals surface area (Å²) in [5, 5.41) is 9.08. The fraction of sp³-hybridized carbons (Fsp3) is 0.333. The van der Waals surface area contributed by atoms with Gasteiger partial charge in [-0.15, -0.1) is 11.3 Å². The number of anilines is 1. The van der Waals surface area contributed by atoms with Gasteiger partial charge in [0.25, 0.3) is 5.91 Å². The summed E-state index contributed by atoms with van der Waals surface area (Å²) in [5.41, 5.74) is 1.38. The normalized spacial score (nSPS) is 15.7. The standard InChI is InChI=1S/C21H24N4OS/c26-21(19-7-4-16-27-19)25(20-8-12-22-23-20)18-10-14-24(15-11-18)13-9-17-5-2-1-3-6-17/h1-8,12,16,18H,9-11,13-15H2,(H,22,23). The molecule has 3 heterocycles. The lowest BCUT2D eigenvalue weighted by molar-refractivity contribution is 0.0963. The number of nitrogens with one attached hydrogen (secondary N) is 1. The Morgan fingerprint density at radius 1 is 1.15 bits per heavy atom. The summed E-state index contributed by atoms with van der Waals surface area (Å²) in [6.45, 7) is 3.09. The van der Waals surface area contributed by atoms with Gasteiger partial charge < -0.3 is 4.90 Å². The summed E-state index contributed by atoms with van der Waals surface area (Å²) in [4.78, 5) is 18.2. The monoisotopic (exact) mass is 380 g/mol. The van der Waals surface area contributed by atoms with Crippen molar-refractivity contribution in [3.8, 4) is 0 Å². The van der Waals surface area contributed by atoms with Crippen molar-refractivity contribution in [1.82, 2.24) is 15.1 Å². The molecule has 140 valence electrons. The van der Waals surface area contributed by atoms with E-state index in [4.69, 9.17) is 0 Å². The Balaban J connectivity index is 1.39. The lowest BCUT2D eigenvalue weighted by Crippen LogP contribution is -2.48. The Kier molecular flexibility index (Phi) is 5.65. The van der Waals surface area contributed by atoms with Crippen molar-refractivity contribution in [2.45, 2.75) is 25.3 Å². The molecule has 0 unspecified atom stereocenters. The second kappa shape index (κ2) is 8.50. The number of piperidine rings is 1. The molecule has 1 fully saturated rings. The van der Waals surface area contributed by atoms with Crippen LogP contribution in [0, 0.1) is 0 Å². The van der Waals surface area contributed by atoms with E-state index in [1.807, 2.05) is 28.5 Å². The topological polar surface area (TPSA) is 52.2 Å². The smallest absolute Gasteiger partial charge is 0.269 e. The Morgan fingerprint density at radius 3 is 2.63 bits per heavy atom. The molecule has 0 spiro atoms. The van der Waals surface area contributed by atoms with Gasteiger partial charge in [0.2, 0.25) is 0 Å². The van der Waals surface area contributed by atoms with Crippen LogP contribution in [0.1, 0.15) is 28.1 Å². The third-order valence-corrected chi connectivity index (χ3v) is 6.02. The number of likely N-dealkylation sites (tertiary alicyclic amines) is 1. The number of aromatic nitrogens is 2. The number of carbonyl (C=O) groups excluding carboxylic acids is 1. The number of nitrogens with zero attached hydrogens (tertiary/aromatic N) is 3. The van der Waals surface area contributed by atoms with Crippen LogP contribution in [0.25, 0.3) is 0 Å². The highest BCUT2D eigenvalue weighted by Crippen LogP contribution is 2.25. The van der Waals surface area contributed by atoms with Gasteiger partial charge in [-0.05, 0) is 36.3 Å². The van der Waals surface area contributed by atoms with E-state index in [-0.39, 0.29) is 11.9 Å². The molecule has 0 saturated carbocycles. The first-order valence-corrected chi connectivity index (χ1v) is 10.3. The lowest BCUT2D eigenvalue weighted by Gasteiger charge is -2.37. The number of hydrogen-bond acceptors (Lipinski definition) is 4. The van der Waals surface area contributed by atoms with Crippen LogP contribution in [0.4, 0.5) is 5.82 Å². The number of rotatable bonds is 6. The molecule has 0 bridgehead atoms. The minimum absolute atomic E-state index is 0.0554. The summed E-state index contributed by atoms with van der Waals surface area (Å²) in [6, 6.07) is 16.5. The molecule has 6 heteroatoms. The third kappa shape index (κ3) is 4.28. The molecule has 1 N–H and O–H groups in total. The molecule has 1 aliphatic heterocycles. The second-order valence-electron chi connectivity index (χ2n) is 6.89. The molecule has 5 nitrogen and oxygen atoms in total. The van der Waals surface area contributed by atoms with E-state index in [1.54, 1.807) is 6.20 Å². The van der Waals surface area contributed by atoms with Crippen LogP contribution in [0.2, 0.25) is 0 Å². The van der Waals surface area contributed by atoms with Crippen LogP contribution in [-0.4, -0.2) is 46.7 Å². The van der Waals surface area contributed by atoms with Gasteiger partial charge in [-0.1, -0.05) is 36.4 Å². The first-order valence-electron chi connectivity index (χ1n) is 9.44. The van der Waals surface area contributed by atoms with Gasteiger partial charge in [-0.3, -0.25) is 14.8 Å². The van der Waals surface area contributed by atoms with Crippen molar-refractivity contribution >= 4 is 23.1 Å². The van der Waals surface area contributed by atoms with Gasteiger partial charge in [0.15, 0.2) is 5.82 Å². The minimum atomic E-state index is 0.0554. The maximum Gasteiger partial charge on any atom is 0.269 e. The molecule has 0 radical (unpaired) electrons. The van der Waals surface area contributed by atoms with E-state index in [2.05, 4.69) is 45.4 Å². The lowest BCUT2D eigenvalue weighted by atomic mass is 10.0. The summed E-state index contributed by atoms with van der Waals surface area (Å²) in [7, 11) is 0. The van der Waals surface area contributed by atoms with Crippen LogP contribution in [0.5, 0.6) is 0 Å². The van der Waals surface area contributed by atoms with E-state index >= 15 is 0 Å². The molecule has 0 atom stereocenters. The zero-order valence-corrected chi connectivity index (χ0v) is 16.1. The highest BCUT2D eigenvalue weighted by Gasteiger charge is 2.31. The average Bonchev–Trinajstić information content (AvgIpc) is 3.43. The van der Waals surface area contributed by atoms with E-state index in [9.17, 15) is 4.79 Å². The highest BCUT2D eigenvalue weighted by atomic mass is 32.1. The fourth-order valence-electron chi connectivity index (χ4n) is 3.70. The third-order valence-electron chi connectivity index (χ3n) is 5.17. The SMILES string of the molecule is O=C(c1cccs1)N(c1cc[nH]n1)C1CCN(CCc2ccccc2)CC1. The summed E-state index contributed by atoms with van der Waals surface area (Å²) < 4.78 is 0. The zero-order valence-electron chi connectivity index (χ0n) is 15.3. The molecular weight excluding hydrogens is 356 g/mol. The molecule has 4 rings (SSSR count). The maximum absolute atomic E-state index is 13.1. The van der Waals surface area contributed by atoms with Crippen LogP contribution >= 0.6 is 11.3 Å². The van der Waals surface area contributed by atoms with E-state index in [0.717, 1.165) is 49.6 Å². The molecule has 1 aromatic carbocycles. The van der Waals surface area contributed by atoms with Crippen molar-refractivity contribution in [1.29, 1.82) is 0 Å². The van der Waals surface area contributed by atoms with Crippen molar-refractivity contribution < 1.29 is 4.79 Å². The van der Waals surface area contributed by atoms with Crippen LogP contribution < -0.4 is 4.90 Å². The molecule has 0 aliphatic carbocycles. The van der Waals surface area contributed by atoms with Crippen molar-refractivity contribution in [2.75, 3.05) is 24.5 Å². The quantitative estimate of drug-likeness (QED) is 0.707. The number of hydrogen-bond donors (Lipinski definition) is 1. The predicted molar refractivity (Wildman–Crippen MR) is 109 cm³/mol. The maximum atomic E-state index is 13.1. The van der Waals surface area contributed by atoms with Crippen molar-refractivity contribution in [2.24, 2.45) is 0 Å². The van der Waals surface area contributed by atoms with E-state index < -0.39 is 0 Å². The second-order valence-corrected chi connectivity index (χ2v) is 7.84. The van der Waals surface area contributed by atoms with Gasteiger partial charge in [-0.25, -0.2) is 0 Å². The molecule has 2 aromatic heterocycles. The molecule has 1 aliphatic rings. The first-order chi connectivity index (χ1) is 13.3. The van der Waals surface area contributed by atoms with Crippen molar-refractivity contribution in [3.05, 3.63) is 70.5 Å². The van der Waals surface area contributed by atoms with Gasteiger partial charge in [0, 0.05) is 37.9 Å². The molecule has 3 aromatic rings. The van der Waals surface area contributed by atoms with Gasteiger partial charge in [-0.2, -0.15) is 5.10 Å². The Bertz CT molecular complexity index is 824. The molecular formula is C21H24N4OS. The summed E-state index contributed by atoms with van der Waals surface area (Å²) >= 11 is 1.49. The Morgan fingerprint density at radius 2 is 1.96 bits per heavy atom. The minimum Gasteiger partial charge on any atom is -0.303 e. The van der Waals surface area contributed by atoms with Gasteiger partial charge in [0.05, 0.1) is 4.88 Å². The van der Waals surface area contributed by atoms with Crippen LogP contribution in [-0.2, 0) is 6.42 Å². The summed E-state index contributed by atoms with van der Waals surface area (Å²) in [6.07, 6.45) is 4.79. The van der Waals surface area contributed by atoms with Gasteiger partial charge >= 0.3 is 0 Å². The Hall–Kier alpha value is -2.44.